The molecule has 0 unspecified atom stereocenters. The summed E-state index contributed by atoms with van der Waals surface area (Å²) in [5, 5.41) is 8.96. The van der Waals surface area contributed by atoms with E-state index in [0.717, 1.165) is 6.42 Å². The van der Waals surface area contributed by atoms with E-state index in [0.29, 0.717) is 26.4 Å². The van der Waals surface area contributed by atoms with Crippen LogP contribution in [-0.2, 0) is 9.47 Å². The molecule has 0 spiro atoms. The average Bonchev–Trinajstić information content (AvgIpc) is 2.39. The molecule has 0 aliphatic carbocycles. The number of ether oxygens (including phenoxy) is 3. The Balaban J connectivity index is 2.30. The summed E-state index contributed by atoms with van der Waals surface area (Å²) in [4.78, 5) is 14.7. The van der Waals surface area contributed by atoms with E-state index >= 15 is 0 Å². The lowest BCUT2D eigenvalue weighted by Crippen LogP contribution is -2.10. The zero-order valence-electron chi connectivity index (χ0n) is 10.6. The van der Waals surface area contributed by atoms with Crippen LogP contribution in [0.15, 0.2) is 12.3 Å². The first-order valence-corrected chi connectivity index (χ1v) is 6.11. The molecule has 1 aromatic rings. The standard InChI is InChI=1S/C12H16ClNO5/c1-17-3-2-4-18-5-6-19-11-7-9(12(15)16)10(13)8-14-11/h7-8H,2-6H2,1H3,(H,15,16). The van der Waals surface area contributed by atoms with E-state index in [1.54, 1.807) is 7.11 Å². The molecule has 0 atom stereocenters. The van der Waals surface area contributed by atoms with Crippen LogP contribution >= 0.6 is 11.6 Å². The minimum Gasteiger partial charge on any atom is -0.478 e. The number of hydrogen-bond donors (Lipinski definition) is 1. The van der Waals surface area contributed by atoms with Crippen LogP contribution in [-0.4, -0.2) is 49.6 Å². The normalized spacial score (nSPS) is 10.4. The highest BCUT2D eigenvalue weighted by Gasteiger charge is 2.10. The predicted molar refractivity (Wildman–Crippen MR) is 69.0 cm³/mol. The maximum atomic E-state index is 10.8. The van der Waals surface area contributed by atoms with Crippen LogP contribution in [0, 0.1) is 0 Å². The molecule has 0 saturated heterocycles. The Morgan fingerprint density at radius 3 is 2.84 bits per heavy atom. The summed E-state index contributed by atoms with van der Waals surface area (Å²) in [6.07, 6.45) is 2.07. The molecule has 0 amide bonds. The smallest absolute Gasteiger partial charge is 0.337 e. The molecule has 19 heavy (non-hydrogen) atoms. The Hall–Kier alpha value is -1.37. The van der Waals surface area contributed by atoms with Gasteiger partial charge in [0.2, 0.25) is 5.88 Å². The zero-order chi connectivity index (χ0) is 14.1. The molecular weight excluding hydrogens is 274 g/mol. The number of rotatable bonds is 9. The van der Waals surface area contributed by atoms with Crippen molar-refractivity contribution in [2.75, 3.05) is 33.5 Å². The van der Waals surface area contributed by atoms with Crippen molar-refractivity contribution in [1.82, 2.24) is 4.98 Å². The molecule has 0 bridgehead atoms. The molecule has 0 saturated carbocycles. The number of carboxylic acids is 1. The van der Waals surface area contributed by atoms with E-state index in [-0.39, 0.29) is 16.5 Å². The van der Waals surface area contributed by atoms with Crippen LogP contribution in [0.3, 0.4) is 0 Å². The number of carboxylic acid groups (broad SMARTS) is 1. The van der Waals surface area contributed by atoms with Gasteiger partial charge in [0.1, 0.15) is 6.61 Å². The van der Waals surface area contributed by atoms with Crippen LogP contribution in [0.25, 0.3) is 0 Å². The third kappa shape index (κ3) is 5.87. The van der Waals surface area contributed by atoms with Crippen molar-refractivity contribution in [2.24, 2.45) is 0 Å². The van der Waals surface area contributed by atoms with E-state index in [1.807, 2.05) is 0 Å². The maximum Gasteiger partial charge on any atom is 0.337 e. The summed E-state index contributed by atoms with van der Waals surface area (Å²) in [5.41, 5.74) is -0.0346. The highest BCUT2D eigenvalue weighted by Crippen LogP contribution is 2.19. The van der Waals surface area contributed by atoms with Gasteiger partial charge in [-0.2, -0.15) is 0 Å². The molecule has 0 aliphatic heterocycles. The summed E-state index contributed by atoms with van der Waals surface area (Å²) in [7, 11) is 1.63. The van der Waals surface area contributed by atoms with E-state index in [4.69, 9.17) is 30.9 Å². The van der Waals surface area contributed by atoms with Crippen molar-refractivity contribution in [3.05, 3.63) is 22.8 Å². The Labute approximate surface area is 116 Å². The van der Waals surface area contributed by atoms with Gasteiger partial charge in [-0.1, -0.05) is 11.6 Å². The monoisotopic (exact) mass is 289 g/mol. The van der Waals surface area contributed by atoms with Crippen LogP contribution in [0.4, 0.5) is 0 Å². The number of carbonyl (C=O) groups is 1. The van der Waals surface area contributed by atoms with Crippen molar-refractivity contribution < 1.29 is 24.1 Å². The first kappa shape index (κ1) is 15.7. The molecule has 106 valence electrons. The highest BCUT2D eigenvalue weighted by molar-refractivity contribution is 6.33. The highest BCUT2D eigenvalue weighted by atomic mass is 35.5. The quantitative estimate of drug-likeness (QED) is 0.699. The minimum atomic E-state index is -1.12. The van der Waals surface area contributed by atoms with Gasteiger partial charge in [-0.25, -0.2) is 9.78 Å². The molecule has 0 aromatic carbocycles. The second kappa shape index (κ2) is 8.68. The lowest BCUT2D eigenvalue weighted by molar-refractivity contribution is 0.0695. The second-order valence-electron chi connectivity index (χ2n) is 3.61. The van der Waals surface area contributed by atoms with Gasteiger partial charge in [0, 0.05) is 26.4 Å². The maximum absolute atomic E-state index is 10.8. The minimum absolute atomic E-state index is 0.0346. The third-order valence-electron chi connectivity index (χ3n) is 2.18. The fourth-order valence-corrected chi connectivity index (χ4v) is 1.46. The largest absolute Gasteiger partial charge is 0.478 e. The molecule has 7 heteroatoms. The number of aromatic nitrogens is 1. The molecule has 0 fully saturated rings. The third-order valence-corrected chi connectivity index (χ3v) is 2.48. The van der Waals surface area contributed by atoms with E-state index in [2.05, 4.69) is 4.98 Å². The average molecular weight is 290 g/mol. The zero-order valence-corrected chi connectivity index (χ0v) is 11.4. The van der Waals surface area contributed by atoms with Gasteiger partial charge in [0.25, 0.3) is 0 Å². The molecule has 0 radical (unpaired) electrons. The topological polar surface area (TPSA) is 77.9 Å². The van der Waals surface area contributed by atoms with E-state index in [9.17, 15) is 4.79 Å². The Bertz CT molecular complexity index is 413. The number of hydrogen-bond acceptors (Lipinski definition) is 5. The Morgan fingerprint density at radius 1 is 1.37 bits per heavy atom. The molecular formula is C12H16ClNO5. The van der Waals surface area contributed by atoms with Gasteiger partial charge >= 0.3 is 5.97 Å². The molecule has 1 aromatic heterocycles. The summed E-state index contributed by atoms with van der Waals surface area (Å²) in [5.74, 6) is -0.907. The van der Waals surface area contributed by atoms with E-state index in [1.165, 1.54) is 12.3 Å². The number of aromatic carboxylic acids is 1. The predicted octanol–water partition coefficient (Wildman–Crippen LogP) is 1.87. The number of methoxy groups -OCH3 is 1. The van der Waals surface area contributed by atoms with Gasteiger partial charge in [-0.3, -0.25) is 0 Å². The first-order valence-electron chi connectivity index (χ1n) is 5.73. The summed E-state index contributed by atoms with van der Waals surface area (Å²) < 4.78 is 15.4. The molecule has 1 heterocycles. The molecule has 0 aliphatic rings. The summed E-state index contributed by atoms with van der Waals surface area (Å²) in [6.45, 7) is 1.93. The van der Waals surface area contributed by atoms with Crippen molar-refractivity contribution in [3.8, 4) is 5.88 Å². The van der Waals surface area contributed by atoms with Crippen LogP contribution < -0.4 is 4.74 Å². The van der Waals surface area contributed by atoms with Gasteiger partial charge in [-0.15, -0.1) is 0 Å². The SMILES string of the molecule is COCCCOCCOc1cc(C(=O)O)c(Cl)cn1. The molecule has 6 nitrogen and oxygen atoms in total. The van der Waals surface area contributed by atoms with E-state index < -0.39 is 5.97 Å². The van der Waals surface area contributed by atoms with Crippen LogP contribution in [0.5, 0.6) is 5.88 Å². The molecule has 1 N–H and O–H groups in total. The Morgan fingerprint density at radius 2 is 2.16 bits per heavy atom. The van der Waals surface area contributed by atoms with Gasteiger partial charge in [0.15, 0.2) is 0 Å². The van der Waals surface area contributed by atoms with Crippen molar-refractivity contribution >= 4 is 17.6 Å². The van der Waals surface area contributed by atoms with Crippen LogP contribution in [0.1, 0.15) is 16.8 Å². The lowest BCUT2D eigenvalue weighted by atomic mass is 10.3. The summed E-state index contributed by atoms with van der Waals surface area (Å²) in [6, 6.07) is 1.29. The van der Waals surface area contributed by atoms with Crippen LogP contribution in [0.2, 0.25) is 5.02 Å². The fraction of sp³-hybridized carbons (Fsp3) is 0.500. The van der Waals surface area contributed by atoms with Crippen molar-refractivity contribution in [3.63, 3.8) is 0 Å². The number of nitrogens with zero attached hydrogens (tertiary/aromatic N) is 1. The number of pyridine rings is 1. The van der Waals surface area contributed by atoms with Gasteiger partial charge in [-0.05, 0) is 6.42 Å². The molecule has 1 rings (SSSR count). The van der Waals surface area contributed by atoms with Crippen molar-refractivity contribution in [1.29, 1.82) is 0 Å². The fourth-order valence-electron chi connectivity index (χ4n) is 1.27. The number of halogens is 1. The van der Waals surface area contributed by atoms with Gasteiger partial charge in [0.05, 0.1) is 23.4 Å². The van der Waals surface area contributed by atoms with Crippen molar-refractivity contribution in [2.45, 2.75) is 6.42 Å². The Kier molecular flexibility index (Phi) is 7.17. The van der Waals surface area contributed by atoms with Gasteiger partial charge < -0.3 is 19.3 Å². The second-order valence-corrected chi connectivity index (χ2v) is 4.02. The lowest BCUT2D eigenvalue weighted by Gasteiger charge is -2.07. The summed E-state index contributed by atoms with van der Waals surface area (Å²) >= 11 is 5.69. The first-order chi connectivity index (χ1) is 9.15.